The number of piperazine rings is 1. The van der Waals surface area contributed by atoms with E-state index >= 15 is 0 Å². The fourth-order valence-corrected chi connectivity index (χ4v) is 5.18. The Morgan fingerprint density at radius 1 is 1.24 bits per heavy atom. The number of aryl methyl sites for hydroxylation is 1. The largest absolute Gasteiger partial charge is 0.314 e. The van der Waals surface area contributed by atoms with Crippen LogP contribution in [0.4, 0.5) is 0 Å². The number of thiophene rings is 2. The van der Waals surface area contributed by atoms with Crippen molar-refractivity contribution in [1.29, 1.82) is 0 Å². The maximum atomic E-state index is 3.66. The van der Waals surface area contributed by atoms with E-state index in [-0.39, 0.29) is 24.8 Å². The monoisotopic (exact) mass is 428 g/mol. The van der Waals surface area contributed by atoms with E-state index in [1.54, 1.807) is 0 Å². The van der Waals surface area contributed by atoms with Gasteiger partial charge in [-0.3, -0.25) is 4.90 Å². The van der Waals surface area contributed by atoms with E-state index < -0.39 is 0 Å². The van der Waals surface area contributed by atoms with Crippen molar-refractivity contribution in [2.24, 2.45) is 0 Å². The summed E-state index contributed by atoms with van der Waals surface area (Å²) in [6.45, 7) is 6.60. The van der Waals surface area contributed by atoms with Gasteiger partial charge in [0.25, 0.3) is 0 Å². The molecule has 3 heterocycles. The van der Waals surface area contributed by atoms with Crippen LogP contribution in [0.25, 0.3) is 0 Å². The van der Waals surface area contributed by atoms with E-state index in [0.29, 0.717) is 6.04 Å². The average molecular weight is 430 g/mol. The fraction of sp³-hybridized carbons (Fsp3) is 0.429. The van der Waals surface area contributed by atoms with Gasteiger partial charge in [0, 0.05) is 35.9 Å². The molecule has 1 aliphatic heterocycles. The molecule has 2 aromatic rings. The van der Waals surface area contributed by atoms with Crippen molar-refractivity contribution >= 4 is 63.4 Å². The third-order valence-electron chi connectivity index (χ3n) is 3.48. The molecule has 1 fully saturated rings. The first kappa shape index (κ1) is 19.4. The van der Waals surface area contributed by atoms with Gasteiger partial charge in [0.2, 0.25) is 0 Å². The lowest BCUT2D eigenvalue weighted by atomic mass is 10.1. The Morgan fingerprint density at radius 2 is 1.95 bits per heavy atom. The maximum Gasteiger partial charge on any atom is 0.0791 e. The number of rotatable bonds is 3. The van der Waals surface area contributed by atoms with Gasteiger partial charge in [-0.05, 0) is 45.9 Å². The number of nitrogens with one attached hydrogen (secondary N) is 1. The van der Waals surface area contributed by atoms with Crippen LogP contribution in [0.15, 0.2) is 27.4 Å². The molecular formula is C14H19BrCl2N2S2. The zero-order valence-corrected chi connectivity index (χ0v) is 16.5. The van der Waals surface area contributed by atoms with Crippen LogP contribution in [0.5, 0.6) is 0 Å². The Balaban J connectivity index is 0.00000110. The minimum atomic E-state index is 0. The lowest BCUT2D eigenvalue weighted by Crippen LogP contribution is -2.45. The first-order chi connectivity index (χ1) is 9.25. The Hall–Kier alpha value is 0.380. The highest BCUT2D eigenvalue weighted by atomic mass is 79.9. The second-order valence-electron chi connectivity index (χ2n) is 4.81. The van der Waals surface area contributed by atoms with Crippen molar-refractivity contribution in [2.75, 3.05) is 26.2 Å². The van der Waals surface area contributed by atoms with Crippen molar-refractivity contribution in [3.05, 3.63) is 42.7 Å². The maximum absolute atomic E-state index is 3.66. The highest BCUT2D eigenvalue weighted by Crippen LogP contribution is 2.39. The van der Waals surface area contributed by atoms with Gasteiger partial charge < -0.3 is 5.32 Å². The smallest absolute Gasteiger partial charge is 0.0791 e. The van der Waals surface area contributed by atoms with Crippen LogP contribution in [0, 0.1) is 6.92 Å². The quantitative estimate of drug-likeness (QED) is 0.759. The summed E-state index contributed by atoms with van der Waals surface area (Å²) >= 11 is 7.40. The van der Waals surface area contributed by atoms with E-state index in [9.17, 15) is 0 Å². The molecule has 1 atom stereocenters. The van der Waals surface area contributed by atoms with Gasteiger partial charge in [0.05, 0.1) is 9.83 Å². The van der Waals surface area contributed by atoms with Crippen LogP contribution in [0.1, 0.15) is 21.4 Å². The first-order valence-corrected chi connectivity index (χ1v) is 8.98. The summed E-state index contributed by atoms with van der Waals surface area (Å²) < 4.78 is 1.26. The molecule has 0 aliphatic carbocycles. The SMILES string of the molecule is Cc1cc([C@@H](c2cccs2)N2CCNCC2)sc1Br.Cl.Cl. The van der Waals surface area contributed by atoms with Gasteiger partial charge >= 0.3 is 0 Å². The second kappa shape index (κ2) is 8.87. The van der Waals surface area contributed by atoms with Crippen LogP contribution in [0.3, 0.4) is 0 Å². The Labute approximate surface area is 154 Å². The van der Waals surface area contributed by atoms with E-state index in [1.165, 1.54) is 19.1 Å². The van der Waals surface area contributed by atoms with E-state index in [4.69, 9.17) is 0 Å². The average Bonchev–Trinajstić information content (AvgIpc) is 3.03. The predicted molar refractivity (Wildman–Crippen MR) is 102 cm³/mol. The zero-order valence-electron chi connectivity index (χ0n) is 11.7. The lowest BCUT2D eigenvalue weighted by molar-refractivity contribution is 0.203. The van der Waals surface area contributed by atoms with Gasteiger partial charge in [-0.15, -0.1) is 47.5 Å². The van der Waals surface area contributed by atoms with Crippen molar-refractivity contribution in [1.82, 2.24) is 10.2 Å². The van der Waals surface area contributed by atoms with E-state index in [2.05, 4.69) is 56.6 Å². The van der Waals surface area contributed by atoms with Crippen LogP contribution >= 0.6 is 63.4 Å². The molecule has 1 N–H and O–H groups in total. The van der Waals surface area contributed by atoms with Crippen LogP contribution in [-0.2, 0) is 0 Å². The molecule has 118 valence electrons. The first-order valence-electron chi connectivity index (χ1n) is 6.49. The molecule has 2 aromatic heterocycles. The van der Waals surface area contributed by atoms with Crippen molar-refractivity contribution < 1.29 is 0 Å². The second-order valence-corrected chi connectivity index (χ2v) is 8.19. The summed E-state index contributed by atoms with van der Waals surface area (Å²) in [4.78, 5) is 5.50. The van der Waals surface area contributed by atoms with Gasteiger partial charge in [0.1, 0.15) is 0 Å². The minimum absolute atomic E-state index is 0. The standard InChI is InChI=1S/C14H17BrN2S2.2ClH/c1-10-9-12(19-14(10)15)13(11-3-2-8-18-11)17-6-4-16-5-7-17;;/h2-3,8-9,13,16H,4-7H2,1H3;2*1H/t13-;;/m1../s1. The summed E-state index contributed by atoms with van der Waals surface area (Å²) in [7, 11) is 0. The van der Waals surface area contributed by atoms with Crippen LogP contribution in [-0.4, -0.2) is 31.1 Å². The number of hydrogen-bond donors (Lipinski definition) is 1. The topological polar surface area (TPSA) is 15.3 Å². The van der Waals surface area contributed by atoms with E-state index in [1.807, 2.05) is 22.7 Å². The molecular weight excluding hydrogens is 411 g/mol. The zero-order chi connectivity index (χ0) is 13.2. The molecule has 0 radical (unpaired) electrons. The lowest BCUT2D eigenvalue weighted by Gasteiger charge is -2.34. The Morgan fingerprint density at radius 3 is 2.48 bits per heavy atom. The van der Waals surface area contributed by atoms with Gasteiger partial charge in [-0.2, -0.15) is 0 Å². The molecule has 3 rings (SSSR count). The highest BCUT2D eigenvalue weighted by Gasteiger charge is 2.26. The highest BCUT2D eigenvalue weighted by molar-refractivity contribution is 9.11. The molecule has 0 amide bonds. The normalized spacial score (nSPS) is 16.9. The molecule has 0 aromatic carbocycles. The molecule has 0 bridgehead atoms. The Bertz CT molecular complexity index is 520. The van der Waals surface area contributed by atoms with Gasteiger partial charge in [0.15, 0.2) is 0 Å². The molecule has 0 spiro atoms. The number of nitrogens with zero attached hydrogens (tertiary/aromatic N) is 1. The van der Waals surface area contributed by atoms with Crippen LogP contribution in [0.2, 0.25) is 0 Å². The molecule has 1 aliphatic rings. The fourth-order valence-electron chi connectivity index (χ4n) is 2.51. The molecule has 7 heteroatoms. The molecule has 0 saturated carbocycles. The summed E-state index contributed by atoms with van der Waals surface area (Å²) in [5, 5.41) is 5.62. The van der Waals surface area contributed by atoms with E-state index in [0.717, 1.165) is 26.2 Å². The predicted octanol–water partition coefficient (Wildman–Crippen LogP) is 4.72. The number of hydrogen-bond acceptors (Lipinski definition) is 4. The third-order valence-corrected chi connectivity index (χ3v) is 6.59. The van der Waals surface area contributed by atoms with Crippen LogP contribution < -0.4 is 5.32 Å². The molecule has 2 nitrogen and oxygen atoms in total. The molecule has 0 unspecified atom stereocenters. The van der Waals surface area contributed by atoms with Crippen molar-refractivity contribution in [2.45, 2.75) is 13.0 Å². The summed E-state index contributed by atoms with van der Waals surface area (Å²) in [5.74, 6) is 0. The van der Waals surface area contributed by atoms with Gasteiger partial charge in [-0.1, -0.05) is 6.07 Å². The molecule has 1 saturated heterocycles. The van der Waals surface area contributed by atoms with Crippen molar-refractivity contribution in [3.8, 4) is 0 Å². The summed E-state index contributed by atoms with van der Waals surface area (Å²) in [6.07, 6.45) is 0. The number of halogens is 3. The third kappa shape index (κ3) is 4.44. The Kier molecular flexibility index (Phi) is 8.20. The van der Waals surface area contributed by atoms with Gasteiger partial charge in [-0.25, -0.2) is 0 Å². The summed E-state index contributed by atoms with van der Waals surface area (Å²) in [5.41, 5.74) is 1.34. The van der Waals surface area contributed by atoms with Crippen molar-refractivity contribution in [3.63, 3.8) is 0 Å². The summed E-state index contributed by atoms with van der Waals surface area (Å²) in [6, 6.07) is 7.18. The minimum Gasteiger partial charge on any atom is -0.314 e. The molecule has 21 heavy (non-hydrogen) atoms.